The molecule has 0 spiro atoms. The fourth-order valence-electron chi connectivity index (χ4n) is 3.52. The lowest BCUT2D eigenvalue weighted by Gasteiger charge is -2.14. The first-order chi connectivity index (χ1) is 14.7. The zero-order chi connectivity index (χ0) is 20.5. The number of aliphatic imine (C=N–C) groups is 1. The first-order valence-electron chi connectivity index (χ1n) is 9.27. The maximum atomic E-state index is 12.9. The highest BCUT2D eigenvalue weighted by atomic mass is 35.5. The molecule has 1 aliphatic heterocycles. The number of nitrogens with zero attached hydrogens (tertiary/aromatic N) is 4. The number of carbonyl (C=O) groups excluding carboxylic acids is 1. The molecule has 2 N–H and O–H groups in total. The first-order valence-corrected chi connectivity index (χ1v) is 9.65. The van der Waals surface area contributed by atoms with Crippen molar-refractivity contribution in [1.29, 1.82) is 0 Å². The van der Waals surface area contributed by atoms with Gasteiger partial charge in [-0.05, 0) is 52.7 Å². The molecule has 0 bridgehead atoms. The molecule has 146 valence electrons. The van der Waals surface area contributed by atoms with Crippen molar-refractivity contribution in [3.05, 3.63) is 88.9 Å². The molecule has 0 aliphatic carbocycles. The Morgan fingerprint density at radius 3 is 2.53 bits per heavy atom. The lowest BCUT2D eigenvalue weighted by Crippen LogP contribution is -2.21. The van der Waals surface area contributed by atoms with E-state index in [1.807, 2.05) is 60.7 Å². The van der Waals surface area contributed by atoms with Crippen molar-refractivity contribution in [3.8, 4) is 11.4 Å². The number of aromatic amines is 1. The Bertz CT molecular complexity index is 1240. The van der Waals surface area contributed by atoms with Crippen molar-refractivity contribution in [2.24, 2.45) is 4.99 Å². The highest BCUT2D eigenvalue weighted by Crippen LogP contribution is 2.37. The molecule has 7 nitrogen and oxygen atoms in total. The standard InChI is InChI=1S/C22H15ClN6O/c23-15-8-11-17-18(12-15)25-22(30)19(17)20(13-4-2-1-3-5-13)24-16-9-6-14(7-10-16)21-26-28-29-27-21/h1-12,19H,(H,25,30)(H,26,27,28,29). The number of H-pyrrole nitrogens is 1. The van der Waals surface area contributed by atoms with Crippen LogP contribution < -0.4 is 5.32 Å². The molecule has 3 aromatic carbocycles. The van der Waals surface area contributed by atoms with Crippen LogP contribution in [0.1, 0.15) is 17.0 Å². The number of carbonyl (C=O) groups is 1. The van der Waals surface area contributed by atoms with Crippen LogP contribution in [-0.4, -0.2) is 32.2 Å². The average molecular weight is 415 g/mol. The molecule has 0 radical (unpaired) electrons. The summed E-state index contributed by atoms with van der Waals surface area (Å²) in [5.41, 5.74) is 4.66. The van der Waals surface area contributed by atoms with Gasteiger partial charge in [0.2, 0.25) is 11.7 Å². The molecule has 5 rings (SSSR count). The minimum atomic E-state index is -0.531. The smallest absolute Gasteiger partial charge is 0.238 e. The third-order valence-electron chi connectivity index (χ3n) is 4.91. The number of anilines is 1. The molecule has 8 heteroatoms. The van der Waals surface area contributed by atoms with Gasteiger partial charge < -0.3 is 5.32 Å². The number of tetrazole rings is 1. The van der Waals surface area contributed by atoms with Gasteiger partial charge in [-0.2, -0.15) is 5.21 Å². The van der Waals surface area contributed by atoms with E-state index in [-0.39, 0.29) is 5.91 Å². The predicted molar refractivity (Wildman–Crippen MR) is 115 cm³/mol. The molecule has 0 saturated heterocycles. The monoisotopic (exact) mass is 414 g/mol. The number of fused-ring (bicyclic) bond motifs is 1. The minimum absolute atomic E-state index is 0.127. The molecule has 1 aliphatic rings. The topological polar surface area (TPSA) is 95.9 Å². The van der Waals surface area contributed by atoms with Gasteiger partial charge in [0.25, 0.3) is 0 Å². The molecule has 0 saturated carbocycles. The second-order valence-electron chi connectivity index (χ2n) is 6.80. The quantitative estimate of drug-likeness (QED) is 0.484. The fraction of sp³-hybridized carbons (Fsp3) is 0.0455. The Morgan fingerprint density at radius 1 is 1.00 bits per heavy atom. The number of amides is 1. The SMILES string of the molecule is O=C1Nc2cc(Cl)ccc2C1C(=Nc1ccc(-c2nn[nH]n2)cc1)c1ccccc1. The molecular weight excluding hydrogens is 400 g/mol. The van der Waals surface area contributed by atoms with Crippen molar-refractivity contribution in [3.63, 3.8) is 0 Å². The van der Waals surface area contributed by atoms with Crippen molar-refractivity contribution in [2.75, 3.05) is 5.32 Å². The second-order valence-corrected chi connectivity index (χ2v) is 7.24. The van der Waals surface area contributed by atoms with Crippen LogP contribution >= 0.6 is 11.6 Å². The van der Waals surface area contributed by atoms with Gasteiger partial charge in [-0.25, -0.2) is 0 Å². The van der Waals surface area contributed by atoms with Crippen molar-refractivity contribution < 1.29 is 4.79 Å². The lowest BCUT2D eigenvalue weighted by molar-refractivity contribution is -0.115. The fourth-order valence-corrected chi connectivity index (χ4v) is 3.69. The molecule has 0 fully saturated rings. The molecule has 30 heavy (non-hydrogen) atoms. The van der Waals surface area contributed by atoms with Gasteiger partial charge in [0.15, 0.2) is 0 Å². The van der Waals surface area contributed by atoms with E-state index in [0.29, 0.717) is 22.2 Å². The third kappa shape index (κ3) is 3.35. The maximum Gasteiger partial charge on any atom is 0.238 e. The van der Waals surface area contributed by atoms with Gasteiger partial charge in [0, 0.05) is 16.3 Å². The second kappa shape index (κ2) is 7.53. The summed E-state index contributed by atoms with van der Waals surface area (Å²) in [6, 6.07) is 22.6. The number of aromatic nitrogens is 4. The number of benzene rings is 3. The maximum absolute atomic E-state index is 12.9. The highest BCUT2D eigenvalue weighted by molar-refractivity contribution is 6.31. The van der Waals surface area contributed by atoms with Crippen molar-refractivity contribution in [1.82, 2.24) is 20.6 Å². The van der Waals surface area contributed by atoms with Crippen LogP contribution in [0, 0.1) is 0 Å². The van der Waals surface area contributed by atoms with Gasteiger partial charge in [-0.1, -0.05) is 48.0 Å². The first kappa shape index (κ1) is 18.2. The molecular formula is C22H15ClN6O. The van der Waals surface area contributed by atoms with E-state index in [4.69, 9.17) is 16.6 Å². The summed E-state index contributed by atoms with van der Waals surface area (Å²) < 4.78 is 0. The minimum Gasteiger partial charge on any atom is -0.325 e. The Balaban J connectivity index is 1.60. The van der Waals surface area contributed by atoms with Crippen LogP contribution in [0.3, 0.4) is 0 Å². The van der Waals surface area contributed by atoms with Crippen LogP contribution in [0.4, 0.5) is 11.4 Å². The van der Waals surface area contributed by atoms with Crippen molar-refractivity contribution in [2.45, 2.75) is 5.92 Å². The summed E-state index contributed by atoms with van der Waals surface area (Å²) in [6.07, 6.45) is 0. The average Bonchev–Trinajstić information content (AvgIpc) is 3.41. The van der Waals surface area contributed by atoms with Crippen LogP contribution in [0.2, 0.25) is 5.02 Å². The van der Waals surface area contributed by atoms with E-state index < -0.39 is 5.92 Å². The van der Waals surface area contributed by atoms with Crippen molar-refractivity contribution >= 4 is 34.6 Å². The molecule has 1 atom stereocenters. The van der Waals surface area contributed by atoms with E-state index in [0.717, 1.165) is 22.4 Å². The largest absolute Gasteiger partial charge is 0.325 e. The van der Waals surface area contributed by atoms with E-state index >= 15 is 0 Å². The Labute approximate surface area is 176 Å². The summed E-state index contributed by atoms with van der Waals surface area (Å²) >= 11 is 6.10. The Kier molecular flexibility index (Phi) is 4.57. The van der Waals surface area contributed by atoms with E-state index in [9.17, 15) is 4.79 Å². The van der Waals surface area contributed by atoms with Crippen LogP contribution in [0.15, 0.2) is 77.8 Å². The summed E-state index contributed by atoms with van der Waals surface area (Å²) in [7, 11) is 0. The van der Waals surface area contributed by atoms with E-state index in [1.54, 1.807) is 12.1 Å². The number of halogens is 1. The molecule has 1 unspecified atom stereocenters. The van der Waals surface area contributed by atoms with Gasteiger partial charge in [-0.3, -0.25) is 9.79 Å². The molecule has 4 aromatic rings. The van der Waals surface area contributed by atoms with Gasteiger partial charge in [-0.15, -0.1) is 10.2 Å². The molecule has 1 aromatic heterocycles. The summed E-state index contributed by atoms with van der Waals surface area (Å²) in [6.45, 7) is 0. The van der Waals surface area contributed by atoms with Gasteiger partial charge in [0.05, 0.1) is 11.4 Å². The Hall–Kier alpha value is -3.84. The number of nitrogens with one attached hydrogen (secondary N) is 2. The highest BCUT2D eigenvalue weighted by Gasteiger charge is 2.35. The number of rotatable bonds is 4. The normalized spacial score (nSPS) is 15.7. The molecule has 2 heterocycles. The predicted octanol–water partition coefficient (Wildman–Crippen LogP) is 4.38. The van der Waals surface area contributed by atoms with Crippen LogP contribution in [0.25, 0.3) is 11.4 Å². The summed E-state index contributed by atoms with van der Waals surface area (Å²) in [5.74, 6) is -0.148. The van der Waals surface area contributed by atoms with Crippen LogP contribution in [-0.2, 0) is 4.79 Å². The van der Waals surface area contributed by atoms with E-state index in [2.05, 4.69) is 25.9 Å². The number of hydrogen-bond donors (Lipinski definition) is 2. The van der Waals surface area contributed by atoms with E-state index in [1.165, 1.54) is 0 Å². The van der Waals surface area contributed by atoms with Crippen LogP contribution in [0.5, 0.6) is 0 Å². The zero-order valence-corrected chi connectivity index (χ0v) is 16.3. The van der Waals surface area contributed by atoms with Gasteiger partial charge in [0.1, 0.15) is 5.92 Å². The lowest BCUT2D eigenvalue weighted by atomic mass is 9.90. The molecule has 1 amide bonds. The zero-order valence-electron chi connectivity index (χ0n) is 15.6. The summed E-state index contributed by atoms with van der Waals surface area (Å²) in [5, 5.41) is 17.5. The van der Waals surface area contributed by atoms with Gasteiger partial charge >= 0.3 is 0 Å². The third-order valence-corrected chi connectivity index (χ3v) is 5.14. The Morgan fingerprint density at radius 2 is 1.80 bits per heavy atom. The number of hydrogen-bond acceptors (Lipinski definition) is 5. The summed E-state index contributed by atoms with van der Waals surface area (Å²) in [4.78, 5) is 17.8.